The molecule has 4 N–H and O–H groups in total. The molecule has 60 heavy (non-hydrogen) atoms. The Morgan fingerprint density at radius 3 is 1.72 bits per heavy atom. The smallest absolute Gasteiger partial charge is 0.306 e. The largest absolute Gasteiger partial charge is 0.462 e. The number of rotatable bonds is 36. The summed E-state index contributed by atoms with van der Waals surface area (Å²) in [6.07, 6.45) is 33.4. The first-order valence-electron chi connectivity index (χ1n) is 22.6. The zero-order chi connectivity index (χ0) is 44.1. The fraction of sp³-hybridized carbons (Fsp3) is 0.723. The van der Waals surface area contributed by atoms with Crippen LogP contribution in [0.1, 0.15) is 162 Å². The maximum Gasteiger partial charge on any atom is 0.306 e. The molecule has 1 rings (SSSR count). The Labute approximate surface area is 361 Å². The van der Waals surface area contributed by atoms with E-state index in [1.165, 1.54) is 51.4 Å². The Balaban J connectivity index is 2.52. The first-order chi connectivity index (χ1) is 29.0. The fourth-order valence-electron chi connectivity index (χ4n) is 6.29. The van der Waals surface area contributed by atoms with Gasteiger partial charge in [-0.3, -0.25) is 14.1 Å². The van der Waals surface area contributed by atoms with Gasteiger partial charge >= 0.3 is 11.9 Å². The molecule has 1 fully saturated rings. The summed E-state index contributed by atoms with van der Waals surface area (Å²) in [6.45, 7) is 3.64. The SMILES string of the molecule is CCCCC/C=C/C/C=C/C/C=C/C/C=C/CCCC(=O)OC[C@H](CO[C@H]1O[C@H](CS(=O)(=O)O)[C@@H](O)C(O)C1O)OC(=O)CCCCCCCC=C=CCCCCCCC. The maximum absolute atomic E-state index is 12.8. The van der Waals surface area contributed by atoms with Gasteiger partial charge in [0.1, 0.15) is 36.8 Å². The second kappa shape index (κ2) is 36.8. The highest BCUT2D eigenvalue weighted by atomic mass is 32.2. The monoisotopic (exact) mass is 867 g/mol. The lowest BCUT2D eigenvalue weighted by molar-refractivity contribution is -0.297. The van der Waals surface area contributed by atoms with E-state index in [1.807, 2.05) is 12.2 Å². The molecule has 0 bridgehead atoms. The number of aliphatic hydroxyl groups excluding tert-OH is 3. The molecule has 344 valence electrons. The zero-order valence-electron chi connectivity index (χ0n) is 36.6. The quantitative estimate of drug-likeness (QED) is 0.0154. The molecule has 0 aromatic rings. The zero-order valence-corrected chi connectivity index (χ0v) is 37.4. The van der Waals surface area contributed by atoms with Crippen LogP contribution in [0.4, 0.5) is 0 Å². The van der Waals surface area contributed by atoms with Gasteiger partial charge in [-0.05, 0) is 89.2 Å². The summed E-state index contributed by atoms with van der Waals surface area (Å²) in [7, 11) is -4.61. The van der Waals surface area contributed by atoms with E-state index in [4.69, 9.17) is 18.9 Å². The summed E-state index contributed by atoms with van der Waals surface area (Å²) < 4.78 is 54.0. The Kier molecular flexibility index (Phi) is 33.8. The molecule has 0 aromatic carbocycles. The molecule has 6 atom stereocenters. The second-order valence-electron chi connectivity index (χ2n) is 15.5. The molecular formula is C47H78O12S. The van der Waals surface area contributed by atoms with Crippen molar-refractivity contribution in [2.75, 3.05) is 19.0 Å². The predicted octanol–water partition coefficient (Wildman–Crippen LogP) is 9.10. The summed E-state index contributed by atoms with van der Waals surface area (Å²) >= 11 is 0. The third-order valence-electron chi connectivity index (χ3n) is 9.84. The third kappa shape index (κ3) is 31.0. The minimum Gasteiger partial charge on any atom is -0.462 e. The molecule has 13 heteroatoms. The van der Waals surface area contributed by atoms with Crippen LogP contribution in [-0.2, 0) is 38.7 Å². The van der Waals surface area contributed by atoms with Crippen molar-refractivity contribution >= 4 is 22.1 Å². The standard InChI is InChI=1S/C47H78O12S/c1-3-5-7-9-11-13-15-17-19-20-22-23-25-27-29-31-33-35-42(48)56-37-40(38-57-47-46(52)45(51)44(50)41(59-47)39-60(53,54)55)58-43(49)36-34-32-30-28-26-24-21-18-16-14-12-10-8-6-4-2/h11,13,16-17,19,21-23,27,29,40-41,44-47,50-52H,3-10,12,14-15,20,24-26,28,30-39H2,1-2H3,(H,53,54,55)/b13-11+,19-17+,23-22+,29-27+/t18?,40-,41-,44-,45?,46?,47+/m1/s1. The van der Waals surface area contributed by atoms with E-state index in [-0.39, 0.29) is 19.4 Å². The van der Waals surface area contributed by atoms with Gasteiger partial charge in [-0.25, -0.2) is 0 Å². The van der Waals surface area contributed by atoms with E-state index in [0.717, 1.165) is 64.2 Å². The summed E-state index contributed by atoms with van der Waals surface area (Å²) in [5.41, 5.74) is 3.27. The molecule has 0 saturated carbocycles. The Morgan fingerprint density at radius 2 is 1.12 bits per heavy atom. The van der Waals surface area contributed by atoms with Crippen LogP contribution in [0.2, 0.25) is 0 Å². The lowest BCUT2D eigenvalue weighted by Gasteiger charge is -2.40. The predicted molar refractivity (Wildman–Crippen MR) is 237 cm³/mol. The summed E-state index contributed by atoms with van der Waals surface area (Å²) in [5, 5.41) is 30.9. The first-order valence-corrected chi connectivity index (χ1v) is 24.2. The van der Waals surface area contributed by atoms with Crippen molar-refractivity contribution in [2.24, 2.45) is 0 Å². The summed E-state index contributed by atoms with van der Waals surface area (Å²) in [4.78, 5) is 25.4. The first kappa shape index (κ1) is 55.1. The lowest BCUT2D eigenvalue weighted by atomic mass is 10.00. The van der Waals surface area contributed by atoms with Crippen LogP contribution in [0.25, 0.3) is 0 Å². The van der Waals surface area contributed by atoms with E-state index < -0.39 is 71.2 Å². The molecule has 12 nitrogen and oxygen atoms in total. The van der Waals surface area contributed by atoms with Gasteiger partial charge in [0, 0.05) is 12.8 Å². The maximum atomic E-state index is 12.8. The molecule has 2 unspecified atom stereocenters. The number of allylic oxidation sites excluding steroid dienone is 9. The van der Waals surface area contributed by atoms with E-state index in [1.54, 1.807) is 0 Å². The van der Waals surface area contributed by atoms with E-state index >= 15 is 0 Å². The van der Waals surface area contributed by atoms with Crippen LogP contribution in [0.5, 0.6) is 0 Å². The van der Waals surface area contributed by atoms with Gasteiger partial charge in [-0.2, -0.15) is 8.42 Å². The molecule has 0 spiro atoms. The molecular weight excluding hydrogens is 789 g/mol. The van der Waals surface area contributed by atoms with Gasteiger partial charge in [-0.1, -0.05) is 120 Å². The number of ether oxygens (including phenoxy) is 4. The molecule has 0 aromatic heterocycles. The average molecular weight is 867 g/mol. The normalized spacial score (nSPS) is 20.3. The average Bonchev–Trinajstić information content (AvgIpc) is 3.21. The highest BCUT2D eigenvalue weighted by Gasteiger charge is 2.46. The fourth-order valence-corrected chi connectivity index (χ4v) is 6.98. The van der Waals surface area contributed by atoms with E-state index in [9.17, 15) is 37.9 Å². The van der Waals surface area contributed by atoms with Crippen molar-refractivity contribution < 1.29 is 56.8 Å². The molecule has 1 heterocycles. The minimum absolute atomic E-state index is 0.129. The molecule has 1 aliphatic heterocycles. The number of carbonyl (C=O) groups is 2. The number of esters is 2. The Bertz CT molecular complexity index is 1400. The van der Waals surface area contributed by atoms with Crippen LogP contribution in [0, 0.1) is 0 Å². The Morgan fingerprint density at radius 1 is 0.617 bits per heavy atom. The van der Waals surface area contributed by atoms with Crippen molar-refractivity contribution in [2.45, 2.75) is 198 Å². The summed E-state index contributed by atoms with van der Waals surface area (Å²) in [6, 6.07) is 0. The number of hydrogen-bond acceptors (Lipinski definition) is 11. The highest BCUT2D eigenvalue weighted by Crippen LogP contribution is 2.24. The number of aliphatic hydroxyl groups is 3. The molecule has 1 saturated heterocycles. The van der Waals surface area contributed by atoms with Crippen LogP contribution in [-0.4, -0.2) is 96.0 Å². The van der Waals surface area contributed by atoms with Crippen molar-refractivity contribution in [1.29, 1.82) is 0 Å². The summed E-state index contributed by atoms with van der Waals surface area (Å²) in [5.74, 6) is -2.09. The van der Waals surface area contributed by atoms with Gasteiger partial charge in [0.25, 0.3) is 10.1 Å². The van der Waals surface area contributed by atoms with E-state index in [2.05, 4.69) is 68.2 Å². The second-order valence-corrected chi connectivity index (χ2v) is 17.0. The minimum atomic E-state index is -4.61. The van der Waals surface area contributed by atoms with Gasteiger partial charge in [0.05, 0.1) is 6.61 Å². The van der Waals surface area contributed by atoms with Crippen LogP contribution < -0.4 is 0 Å². The number of hydrogen-bond donors (Lipinski definition) is 4. The van der Waals surface area contributed by atoms with Gasteiger partial charge < -0.3 is 34.3 Å². The van der Waals surface area contributed by atoms with Gasteiger partial charge in [0.2, 0.25) is 0 Å². The van der Waals surface area contributed by atoms with Crippen molar-refractivity contribution in [3.05, 3.63) is 66.5 Å². The lowest BCUT2D eigenvalue weighted by Crippen LogP contribution is -2.60. The topological polar surface area (TPSA) is 186 Å². The van der Waals surface area contributed by atoms with Gasteiger partial charge in [0.15, 0.2) is 12.4 Å². The molecule has 0 aliphatic carbocycles. The van der Waals surface area contributed by atoms with Gasteiger partial charge in [-0.15, -0.1) is 5.73 Å². The van der Waals surface area contributed by atoms with Crippen molar-refractivity contribution in [3.63, 3.8) is 0 Å². The van der Waals surface area contributed by atoms with Crippen LogP contribution >= 0.6 is 0 Å². The molecule has 0 amide bonds. The van der Waals surface area contributed by atoms with Crippen LogP contribution in [0.3, 0.4) is 0 Å². The molecule has 0 radical (unpaired) electrons. The molecule has 1 aliphatic rings. The number of carbonyl (C=O) groups excluding carboxylic acids is 2. The van der Waals surface area contributed by atoms with Crippen molar-refractivity contribution in [3.8, 4) is 0 Å². The third-order valence-corrected chi connectivity index (χ3v) is 10.6. The van der Waals surface area contributed by atoms with Crippen molar-refractivity contribution in [1.82, 2.24) is 0 Å². The van der Waals surface area contributed by atoms with Crippen LogP contribution in [0.15, 0.2) is 66.5 Å². The highest BCUT2D eigenvalue weighted by molar-refractivity contribution is 7.85. The van der Waals surface area contributed by atoms with E-state index in [0.29, 0.717) is 19.3 Å². The number of unbranched alkanes of at least 4 members (excludes halogenated alkanes) is 14. The Hall–Kier alpha value is -2.87.